The van der Waals surface area contributed by atoms with Crippen LogP contribution < -0.4 is 5.32 Å². The number of benzene rings is 2. The summed E-state index contributed by atoms with van der Waals surface area (Å²) in [6.07, 6.45) is 3.33. The standard InChI is InChI=1S/C36H40N4O5S/c1-25-31(28-16-11-17-37-22-28)32(35(43)45-36(2,3)4)34(46-25)38-29(41)23-44-24-30(42)39-18-20-40(21-19-39)33(26-12-7-5-8-13-26)27-14-9-6-10-15-27/h5-17,22,33H,18-21,23-24H2,1-4H3,(H,38,41). The number of aromatic nitrogens is 1. The van der Waals surface area contributed by atoms with Crippen LogP contribution in [0.2, 0.25) is 0 Å². The van der Waals surface area contributed by atoms with Crippen LogP contribution in [-0.2, 0) is 19.1 Å². The van der Waals surface area contributed by atoms with Gasteiger partial charge in [-0.15, -0.1) is 11.3 Å². The number of carbonyl (C=O) groups is 3. The van der Waals surface area contributed by atoms with Crippen LogP contribution in [0.25, 0.3) is 11.1 Å². The first-order valence-electron chi connectivity index (χ1n) is 15.4. The summed E-state index contributed by atoms with van der Waals surface area (Å²) in [7, 11) is 0. The van der Waals surface area contributed by atoms with Gasteiger partial charge in [0.25, 0.3) is 5.91 Å². The Bertz CT molecular complexity index is 1590. The summed E-state index contributed by atoms with van der Waals surface area (Å²) in [5, 5.41) is 3.18. The molecular weight excluding hydrogens is 600 g/mol. The van der Waals surface area contributed by atoms with Crippen molar-refractivity contribution >= 4 is 34.1 Å². The van der Waals surface area contributed by atoms with Crippen LogP contribution in [0, 0.1) is 6.92 Å². The van der Waals surface area contributed by atoms with Crippen LogP contribution in [0.4, 0.5) is 5.00 Å². The molecule has 2 amide bonds. The summed E-state index contributed by atoms with van der Waals surface area (Å²) in [5.74, 6) is -1.17. The lowest BCUT2D eigenvalue weighted by molar-refractivity contribution is -0.139. The zero-order chi connectivity index (χ0) is 32.7. The molecule has 1 aliphatic rings. The van der Waals surface area contributed by atoms with Gasteiger partial charge in [0.2, 0.25) is 5.91 Å². The first-order chi connectivity index (χ1) is 22.1. The molecule has 3 heterocycles. The van der Waals surface area contributed by atoms with Gasteiger partial charge in [0.1, 0.15) is 29.4 Å². The Labute approximate surface area is 274 Å². The van der Waals surface area contributed by atoms with Gasteiger partial charge in [0.15, 0.2) is 0 Å². The van der Waals surface area contributed by atoms with Gasteiger partial charge in [-0.1, -0.05) is 66.7 Å². The molecule has 5 rings (SSSR count). The number of ether oxygens (including phenoxy) is 2. The molecule has 1 saturated heterocycles. The van der Waals surface area contributed by atoms with Gasteiger partial charge >= 0.3 is 5.97 Å². The predicted molar refractivity (Wildman–Crippen MR) is 180 cm³/mol. The molecule has 10 heteroatoms. The van der Waals surface area contributed by atoms with Gasteiger partial charge in [0.05, 0.1) is 6.04 Å². The van der Waals surface area contributed by atoms with E-state index in [0.29, 0.717) is 36.7 Å². The fraction of sp³-hybridized carbons (Fsp3) is 0.333. The van der Waals surface area contributed by atoms with E-state index in [9.17, 15) is 14.4 Å². The van der Waals surface area contributed by atoms with E-state index in [4.69, 9.17) is 9.47 Å². The first-order valence-corrected chi connectivity index (χ1v) is 16.2. The SMILES string of the molecule is Cc1sc(NC(=O)COCC(=O)N2CCN(C(c3ccccc3)c3ccccc3)CC2)c(C(=O)OC(C)(C)C)c1-c1cccnc1. The lowest BCUT2D eigenvalue weighted by Crippen LogP contribution is -2.50. The number of aryl methyl sites for hydroxylation is 1. The minimum atomic E-state index is -0.723. The van der Waals surface area contributed by atoms with Crippen molar-refractivity contribution < 1.29 is 23.9 Å². The molecule has 0 saturated carbocycles. The maximum atomic E-state index is 13.3. The van der Waals surface area contributed by atoms with Crippen molar-refractivity contribution in [1.29, 1.82) is 0 Å². The number of rotatable bonds is 10. The Hall–Kier alpha value is -4.38. The Kier molecular flexibility index (Phi) is 10.6. The smallest absolute Gasteiger partial charge is 0.342 e. The van der Waals surface area contributed by atoms with Gasteiger partial charge in [0, 0.05) is 54.6 Å². The van der Waals surface area contributed by atoms with E-state index in [2.05, 4.69) is 63.7 Å². The Balaban J connectivity index is 1.17. The van der Waals surface area contributed by atoms with Crippen molar-refractivity contribution in [1.82, 2.24) is 14.8 Å². The van der Waals surface area contributed by atoms with Crippen LogP contribution in [-0.4, -0.2) is 77.6 Å². The van der Waals surface area contributed by atoms with Gasteiger partial charge in [-0.2, -0.15) is 0 Å². The highest BCUT2D eigenvalue weighted by Gasteiger charge is 2.30. The number of piperazine rings is 1. The molecule has 0 radical (unpaired) electrons. The van der Waals surface area contributed by atoms with Crippen molar-refractivity contribution in [2.75, 3.05) is 44.7 Å². The lowest BCUT2D eigenvalue weighted by Gasteiger charge is -2.39. The quantitative estimate of drug-likeness (QED) is 0.214. The van der Waals surface area contributed by atoms with Crippen LogP contribution in [0.3, 0.4) is 0 Å². The number of nitrogens with one attached hydrogen (secondary N) is 1. The number of thiophene rings is 1. The molecule has 4 aromatic rings. The fourth-order valence-corrected chi connectivity index (χ4v) is 6.69. The molecule has 0 unspecified atom stereocenters. The number of nitrogens with zero attached hydrogens (tertiary/aromatic N) is 3. The molecule has 46 heavy (non-hydrogen) atoms. The van der Waals surface area contributed by atoms with Crippen LogP contribution >= 0.6 is 11.3 Å². The van der Waals surface area contributed by atoms with Gasteiger partial charge in [-0.25, -0.2) is 4.79 Å². The van der Waals surface area contributed by atoms with Gasteiger partial charge in [-0.05, 0) is 44.9 Å². The van der Waals surface area contributed by atoms with Crippen molar-refractivity contribution in [2.24, 2.45) is 0 Å². The van der Waals surface area contributed by atoms with E-state index in [1.165, 1.54) is 22.5 Å². The van der Waals surface area contributed by atoms with Gasteiger partial charge < -0.3 is 19.7 Å². The molecule has 2 aromatic heterocycles. The monoisotopic (exact) mass is 640 g/mol. The van der Waals surface area contributed by atoms with E-state index < -0.39 is 17.5 Å². The Morgan fingerprint density at radius 2 is 1.52 bits per heavy atom. The summed E-state index contributed by atoms with van der Waals surface area (Å²) in [6, 6.07) is 24.6. The van der Waals surface area contributed by atoms with E-state index in [0.717, 1.165) is 10.4 Å². The van der Waals surface area contributed by atoms with Crippen molar-refractivity contribution in [2.45, 2.75) is 39.3 Å². The third-order valence-electron chi connectivity index (χ3n) is 7.61. The molecule has 0 bridgehead atoms. The molecule has 0 aliphatic carbocycles. The number of pyridine rings is 1. The average molecular weight is 641 g/mol. The van der Waals surface area contributed by atoms with Crippen LogP contribution in [0.1, 0.15) is 53.2 Å². The molecule has 0 spiro atoms. The van der Waals surface area contributed by atoms with E-state index in [1.807, 2.05) is 25.1 Å². The molecule has 1 fully saturated rings. The van der Waals surface area contributed by atoms with Crippen LogP contribution in [0.5, 0.6) is 0 Å². The fourth-order valence-electron chi connectivity index (χ4n) is 5.61. The molecule has 9 nitrogen and oxygen atoms in total. The molecule has 1 N–H and O–H groups in total. The largest absolute Gasteiger partial charge is 0.456 e. The average Bonchev–Trinajstić information content (AvgIpc) is 3.37. The number of anilines is 1. The van der Waals surface area contributed by atoms with Crippen LogP contribution in [0.15, 0.2) is 85.2 Å². The molecule has 240 valence electrons. The zero-order valence-corrected chi connectivity index (χ0v) is 27.5. The highest BCUT2D eigenvalue weighted by Crippen LogP contribution is 2.40. The van der Waals surface area contributed by atoms with Crippen molar-refractivity contribution in [3.05, 3.63) is 107 Å². The second kappa shape index (κ2) is 14.8. The van der Waals surface area contributed by atoms with Gasteiger partial charge in [-0.3, -0.25) is 19.5 Å². The van der Waals surface area contributed by atoms with E-state index >= 15 is 0 Å². The highest BCUT2D eigenvalue weighted by molar-refractivity contribution is 7.17. The Morgan fingerprint density at radius 1 is 0.891 bits per heavy atom. The molecular formula is C36H40N4O5S. The van der Waals surface area contributed by atoms with Crippen molar-refractivity contribution in [3.8, 4) is 11.1 Å². The summed E-state index contributed by atoms with van der Waals surface area (Å²) in [6.45, 7) is 9.28. The summed E-state index contributed by atoms with van der Waals surface area (Å²) >= 11 is 1.28. The number of amides is 2. The molecule has 1 aliphatic heterocycles. The maximum absolute atomic E-state index is 13.3. The minimum absolute atomic E-state index is 0.102. The topological polar surface area (TPSA) is 101 Å². The number of hydrogen-bond donors (Lipinski definition) is 1. The van der Waals surface area contributed by atoms with E-state index in [-0.39, 0.29) is 30.7 Å². The summed E-state index contributed by atoms with van der Waals surface area (Å²) in [4.78, 5) is 48.5. The molecule has 2 aromatic carbocycles. The zero-order valence-electron chi connectivity index (χ0n) is 26.7. The lowest BCUT2D eigenvalue weighted by atomic mass is 9.96. The summed E-state index contributed by atoms with van der Waals surface area (Å²) in [5.41, 5.74) is 3.40. The summed E-state index contributed by atoms with van der Waals surface area (Å²) < 4.78 is 11.2. The van der Waals surface area contributed by atoms with Crippen molar-refractivity contribution in [3.63, 3.8) is 0 Å². The predicted octanol–water partition coefficient (Wildman–Crippen LogP) is 5.96. The normalized spacial score (nSPS) is 13.9. The minimum Gasteiger partial charge on any atom is -0.456 e. The number of carbonyl (C=O) groups excluding carboxylic acids is 3. The second-order valence-corrected chi connectivity index (χ2v) is 13.4. The maximum Gasteiger partial charge on any atom is 0.342 e. The number of hydrogen-bond acceptors (Lipinski definition) is 8. The Morgan fingerprint density at radius 3 is 2.09 bits per heavy atom. The second-order valence-electron chi connectivity index (χ2n) is 12.2. The first kappa shape index (κ1) is 33.0. The highest BCUT2D eigenvalue weighted by atomic mass is 32.1. The number of esters is 1. The molecule has 0 atom stereocenters. The van der Waals surface area contributed by atoms with E-state index in [1.54, 1.807) is 44.1 Å². The third kappa shape index (κ3) is 8.25. The third-order valence-corrected chi connectivity index (χ3v) is 8.63.